The average molecular weight is 261 g/mol. The van der Waals surface area contributed by atoms with Crippen molar-refractivity contribution in [3.8, 4) is 0 Å². The van der Waals surface area contributed by atoms with E-state index in [0.29, 0.717) is 0 Å². The van der Waals surface area contributed by atoms with Crippen molar-refractivity contribution in [3.63, 3.8) is 0 Å². The number of benzene rings is 1. The topological polar surface area (TPSA) is 118 Å². The standard InChI is InChI=1S/C12H19N7/c13-11(14)18-12(15)17-9-3-1-2-4-10(9)19-7-5-16-6-8-19/h1-4,16H,5-8H2,(H6,13,14,15,17,18). The summed E-state index contributed by atoms with van der Waals surface area (Å²) in [6.07, 6.45) is 0. The normalized spacial score (nSPS) is 16.2. The van der Waals surface area contributed by atoms with Crippen molar-refractivity contribution >= 4 is 23.3 Å². The van der Waals surface area contributed by atoms with Crippen molar-refractivity contribution in [3.05, 3.63) is 24.3 Å². The molecule has 1 aliphatic heterocycles. The minimum atomic E-state index is -0.0964. The fraction of sp³-hybridized carbons (Fsp3) is 0.333. The number of piperazine rings is 1. The molecular weight excluding hydrogens is 242 g/mol. The van der Waals surface area contributed by atoms with E-state index in [4.69, 9.17) is 17.2 Å². The molecule has 102 valence electrons. The predicted molar refractivity (Wildman–Crippen MR) is 78.6 cm³/mol. The quantitative estimate of drug-likeness (QED) is 0.415. The molecule has 19 heavy (non-hydrogen) atoms. The van der Waals surface area contributed by atoms with Crippen LogP contribution >= 0.6 is 0 Å². The highest BCUT2D eigenvalue weighted by atomic mass is 15.2. The second kappa shape index (κ2) is 6.05. The Bertz CT molecular complexity index is 485. The number of nitrogens with two attached hydrogens (primary N) is 3. The number of nitrogens with zero attached hydrogens (tertiary/aromatic N) is 3. The Balaban J connectivity index is 2.27. The van der Waals surface area contributed by atoms with Gasteiger partial charge in [0.15, 0.2) is 5.96 Å². The Morgan fingerprint density at radius 2 is 1.79 bits per heavy atom. The number of hydrogen-bond acceptors (Lipinski definition) is 3. The van der Waals surface area contributed by atoms with Crippen LogP contribution in [0.4, 0.5) is 11.4 Å². The Labute approximate surface area is 112 Å². The molecule has 2 rings (SSSR count). The highest BCUT2D eigenvalue weighted by molar-refractivity contribution is 5.94. The zero-order valence-electron chi connectivity index (χ0n) is 10.7. The summed E-state index contributed by atoms with van der Waals surface area (Å²) in [5.74, 6) is -0.0384. The van der Waals surface area contributed by atoms with Crippen LogP contribution in [0.3, 0.4) is 0 Å². The summed E-state index contributed by atoms with van der Waals surface area (Å²) in [5.41, 5.74) is 18.0. The SMILES string of the molecule is NC(N)=NC(N)=Nc1ccccc1N1CCNCC1. The maximum absolute atomic E-state index is 5.68. The largest absolute Gasteiger partial charge is 0.370 e. The summed E-state index contributed by atoms with van der Waals surface area (Å²) in [6.45, 7) is 3.80. The lowest BCUT2D eigenvalue weighted by Crippen LogP contribution is -2.43. The lowest BCUT2D eigenvalue weighted by atomic mass is 10.2. The molecule has 0 amide bonds. The van der Waals surface area contributed by atoms with Gasteiger partial charge in [0.05, 0.1) is 11.4 Å². The molecular formula is C12H19N7. The summed E-state index contributed by atoms with van der Waals surface area (Å²) in [7, 11) is 0. The first-order chi connectivity index (χ1) is 9.16. The summed E-state index contributed by atoms with van der Waals surface area (Å²) < 4.78 is 0. The van der Waals surface area contributed by atoms with Crippen LogP contribution in [0.1, 0.15) is 0 Å². The van der Waals surface area contributed by atoms with Gasteiger partial charge in [-0.2, -0.15) is 4.99 Å². The summed E-state index contributed by atoms with van der Waals surface area (Å²) in [5, 5.41) is 3.31. The van der Waals surface area contributed by atoms with E-state index in [9.17, 15) is 0 Å². The Hall–Kier alpha value is -2.28. The van der Waals surface area contributed by atoms with Crippen molar-refractivity contribution in [1.29, 1.82) is 0 Å². The number of rotatable bonds is 2. The van der Waals surface area contributed by atoms with Crippen LogP contribution in [0.5, 0.6) is 0 Å². The van der Waals surface area contributed by atoms with Gasteiger partial charge in [0.2, 0.25) is 5.96 Å². The molecule has 7 N–H and O–H groups in total. The van der Waals surface area contributed by atoms with Gasteiger partial charge in [-0.3, -0.25) is 0 Å². The average Bonchev–Trinajstić information content (AvgIpc) is 2.39. The number of para-hydroxylation sites is 2. The minimum absolute atomic E-state index is 0.0579. The molecule has 0 bridgehead atoms. The predicted octanol–water partition coefficient (Wildman–Crippen LogP) is -0.684. The van der Waals surface area contributed by atoms with Gasteiger partial charge in [0.1, 0.15) is 0 Å². The Morgan fingerprint density at radius 1 is 1.11 bits per heavy atom. The molecule has 7 heteroatoms. The molecule has 1 fully saturated rings. The molecule has 0 atom stereocenters. The highest BCUT2D eigenvalue weighted by Gasteiger charge is 2.13. The molecule has 0 unspecified atom stereocenters. The van der Waals surface area contributed by atoms with E-state index in [1.165, 1.54) is 0 Å². The van der Waals surface area contributed by atoms with Crippen LogP contribution in [0.25, 0.3) is 0 Å². The summed E-state index contributed by atoms with van der Waals surface area (Å²) in [6, 6.07) is 7.81. The molecule has 1 aromatic rings. The molecule has 0 saturated carbocycles. The van der Waals surface area contributed by atoms with Crippen LogP contribution in [-0.2, 0) is 0 Å². The van der Waals surface area contributed by atoms with Crippen molar-refractivity contribution < 1.29 is 0 Å². The molecule has 0 spiro atoms. The zero-order chi connectivity index (χ0) is 13.7. The highest BCUT2D eigenvalue weighted by Crippen LogP contribution is 2.28. The first-order valence-electron chi connectivity index (χ1n) is 6.15. The van der Waals surface area contributed by atoms with E-state index in [-0.39, 0.29) is 11.9 Å². The first kappa shape index (κ1) is 13.2. The van der Waals surface area contributed by atoms with Crippen molar-refractivity contribution in [2.24, 2.45) is 27.2 Å². The molecule has 0 aromatic heterocycles. The van der Waals surface area contributed by atoms with Gasteiger partial charge in [0, 0.05) is 26.2 Å². The molecule has 1 aromatic carbocycles. The number of guanidine groups is 2. The van der Waals surface area contributed by atoms with Gasteiger partial charge in [-0.15, -0.1) is 0 Å². The van der Waals surface area contributed by atoms with E-state index in [1.807, 2.05) is 24.3 Å². The second-order valence-electron chi connectivity index (χ2n) is 4.23. The molecule has 1 aliphatic rings. The van der Waals surface area contributed by atoms with Crippen molar-refractivity contribution in [2.45, 2.75) is 0 Å². The fourth-order valence-corrected chi connectivity index (χ4v) is 2.01. The number of nitrogens with one attached hydrogen (secondary N) is 1. The van der Waals surface area contributed by atoms with Crippen molar-refractivity contribution in [1.82, 2.24) is 5.32 Å². The number of anilines is 1. The van der Waals surface area contributed by atoms with Gasteiger partial charge in [-0.25, -0.2) is 4.99 Å². The van der Waals surface area contributed by atoms with E-state index in [1.54, 1.807) is 0 Å². The van der Waals surface area contributed by atoms with E-state index < -0.39 is 0 Å². The van der Waals surface area contributed by atoms with Crippen LogP contribution in [0.2, 0.25) is 0 Å². The maximum Gasteiger partial charge on any atom is 0.223 e. The van der Waals surface area contributed by atoms with Crippen LogP contribution in [0, 0.1) is 0 Å². The third-order valence-electron chi connectivity index (χ3n) is 2.82. The van der Waals surface area contributed by atoms with Crippen LogP contribution in [-0.4, -0.2) is 38.1 Å². The fourth-order valence-electron chi connectivity index (χ4n) is 2.01. The third kappa shape index (κ3) is 3.59. The maximum atomic E-state index is 5.68. The van der Waals surface area contributed by atoms with Crippen LogP contribution < -0.4 is 27.4 Å². The minimum Gasteiger partial charge on any atom is -0.370 e. The van der Waals surface area contributed by atoms with E-state index >= 15 is 0 Å². The Morgan fingerprint density at radius 3 is 2.47 bits per heavy atom. The summed E-state index contributed by atoms with van der Waals surface area (Å²) >= 11 is 0. The molecule has 0 aliphatic carbocycles. The van der Waals surface area contributed by atoms with E-state index in [2.05, 4.69) is 20.2 Å². The van der Waals surface area contributed by atoms with Crippen LogP contribution in [0.15, 0.2) is 34.3 Å². The monoisotopic (exact) mass is 261 g/mol. The van der Waals surface area contributed by atoms with Gasteiger partial charge in [-0.05, 0) is 12.1 Å². The molecule has 1 heterocycles. The van der Waals surface area contributed by atoms with Crippen molar-refractivity contribution in [2.75, 3.05) is 31.1 Å². The second-order valence-corrected chi connectivity index (χ2v) is 4.23. The lowest BCUT2D eigenvalue weighted by molar-refractivity contribution is 0.589. The number of aliphatic imine (C=N–C) groups is 2. The smallest absolute Gasteiger partial charge is 0.223 e. The number of hydrogen-bond donors (Lipinski definition) is 4. The van der Waals surface area contributed by atoms with Gasteiger partial charge < -0.3 is 27.4 Å². The molecule has 0 radical (unpaired) electrons. The third-order valence-corrected chi connectivity index (χ3v) is 2.82. The lowest BCUT2D eigenvalue weighted by Gasteiger charge is -2.30. The summed E-state index contributed by atoms with van der Waals surface area (Å²) in [4.78, 5) is 10.2. The zero-order valence-corrected chi connectivity index (χ0v) is 10.7. The van der Waals surface area contributed by atoms with E-state index in [0.717, 1.165) is 37.6 Å². The first-order valence-corrected chi connectivity index (χ1v) is 6.15. The molecule has 7 nitrogen and oxygen atoms in total. The Kier molecular flexibility index (Phi) is 4.19. The van der Waals surface area contributed by atoms with Gasteiger partial charge in [0.25, 0.3) is 0 Å². The van der Waals surface area contributed by atoms with Gasteiger partial charge >= 0.3 is 0 Å². The van der Waals surface area contributed by atoms with Gasteiger partial charge in [-0.1, -0.05) is 12.1 Å². The molecule has 1 saturated heterocycles.